The minimum absolute atomic E-state index is 0.0859. The van der Waals surface area contributed by atoms with Crippen molar-refractivity contribution in [3.63, 3.8) is 0 Å². The van der Waals surface area contributed by atoms with Crippen molar-refractivity contribution in [1.82, 2.24) is 14.9 Å². The molecule has 7 rings (SSSR count). The zero-order valence-corrected chi connectivity index (χ0v) is 34.9. The molecule has 0 aromatic heterocycles. The zero-order valence-electron chi connectivity index (χ0n) is 33.4. The summed E-state index contributed by atoms with van der Waals surface area (Å²) in [5.74, 6) is -0.271. The molecular formula is C43H59ClN4O7S. The van der Waals surface area contributed by atoms with Gasteiger partial charge in [0.05, 0.1) is 17.5 Å². The number of ether oxygens (including phenoxy) is 3. The van der Waals surface area contributed by atoms with Gasteiger partial charge in [-0.05, 0) is 117 Å². The van der Waals surface area contributed by atoms with E-state index < -0.39 is 26.8 Å². The van der Waals surface area contributed by atoms with Crippen LogP contribution in [0.4, 0.5) is 5.69 Å². The average molecular weight is 811 g/mol. The molecule has 3 aliphatic heterocycles. The molecule has 2 fully saturated rings. The maximum absolute atomic E-state index is 14.4. The second kappa shape index (κ2) is 17.1. The number of methoxy groups -OCH3 is 2. The van der Waals surface area contributed by atoms with Gasteiger partial charge in [-0.1, -0.05) is 30.7 Å². The highest BCUT2D eigenvalue weighted by atomic mass is 35.5. The van der Waals surface area contributed by atoms with Gasteiger partial charge in [-0.2, -0.15) is 0 Å². The number of fused-ring (bicyclic) bond motifs is 4. The lowest BCUT2D eigenvalue weighted by molar-refractivity contribution is -0.135. The van der Waals surface area contributed by atoms with Gasteiger partial charge >= 0.3 is 0 Å². The Balaban J connectivity index is 1.39. The summed E-state index contributed by atoms with van der Waals surface area (Å²) in [6, 6.07) is 10.0. The molecule has 2 aromatic carbocycles. The maximum Gasteiger partial charge on any atom is 0.264 e. The number of nitrogens with one attached hydrogen (secondary N) is 2. The number of carbonyl (C=O) groups excluding carboxylic acids is 2. The molecular weight excluding hydrogens is 752 g/mol. The molecule has 1 saturated heterocycles. The van der Waals surface area contributed by atoms with E-state index in [0.29, 0.717) is 37.6 Å². The van der Waals surface area contributed by atoms with Gasteiger partial charge in [0.2, 0.25) is 10.0 Å². The number of hydrogen-bond acceptors (Lipinski definition) is 10. The first-order valence-electron chi connectivity index (χ1n) is 20.4. The molecule has 5 aliphatic rings. The highest BCUT2D eigenvalue weighted by Crippen LogP contribution is 2.49. The van der Waals surface area contributed by atoms with Crippen LogP contribution >= 0.6 is 11.6 Å². The van der Waals surface area contributed by atoms with Crippen LogP contribution in [0.3, 0.4) is 0 Å². The molecule has 0 radical (unpaired) electrons. The Morgan fingerprint density at radius 3 is 2.66 bits per heavy atom. The molecule has 3 heterocycles. The summed E-state index contributed by atoms with van der Waals surface area (Å²) < 4.78 is 49.3. The van der Waals surface area contributed by atoms with Gasteiger partial charge in [0.15, 0.2) is 6.29 Å². The number of aldehydes is 1. The van der Waals surface area contributed by atoms with Crippen molar-refractivity contribution < 1.29 is 32.2 Å². The largest absolute Gasteiger partial charge is 0.490 e. The van der Waals surface area contributed by atoms with Gasteiger partial charge in [-0.15, -0.1) is 0 Å². The van der Waals surface area contributed by atoms with E-state index in [2.05, 4.69) is 38.9 Å². The van der Waals surface area contributed by atoms with E-state index in [0.717, 1.165) is 81.6 Å². The predicted molar refractivity (Wildman–Crippen MR) is 219 cm³/mol. The monoisotopic (exact) mass is 810 g/mol. The third kappa shape index (κ3) is 8.16. The normalized spacial score (nSPS) is 31.8. The highest BCUT2D eigenvalue weighted by molar-refractivity contribution is 7.90. The third-order valence-corrected chi connectivity index (χ3v) is 15.7. The second-order valence-corrected chi connectivity index (χ2v) is 19.3. The molecule has 1 spiro atoms. The summed E-state index contributed by atoms with van der Waals surface area (Å²) in [6.45, 7) is 9.61. The van der Waals surface area contributed by atoms with Crippen LogP contribution in [0.15, 0.2) is 42.5 Å². The summed E-state index contributed by atoms with van der Waals surface area (Å²) in [5.41, 5.74) is 2.88. The van der Waals surface area contributed by atoms with E-state index in [1.807, 2.05) is 37.3 Å². The molecule has 56 heavy (non-hydrogen) atoms. The number of anilines is 1. The van der Waals surface area contributed by atoms with Crippen LogP contribution in [-0.4, -0.2) is 109 Å². The molecule has 2 bridgehead atoms. The minimum atomic E-state index is -4.16. The number of carbonyl (C=O) groups is 2. The SMILES string of the molecule is COCC[C@@H]1[C@@H](C)C/C=C/[C@@](C=O)(OC)[C@@H]2CC[C@H]2CN2C[C@@]3(CCCc4cc(Cl)ccc43)COc3c(CC(C)N4CCNCC4)cc(cc32)C(=O)NS1(=O)=O. The molecule has 306 valence electrons. The molecule has 2 aliphatic carbocycles. The number of rotatable bonds is 8. The van der Waals surface area contributed by atoms with Gasteiger partial charge < -0.3 is 24.4 Å². The molecule has 1 saturated carbocycles. The van der Waals surface area contributed by atoms with Gasteiger partial charge in [0.25, 0.3) is 5.91 Å². The van der Waals surface area contributed by atoms with Crippen molar-refractivity contribution in [3.05, 3.63) is 69.8 Å². The van der Waals surface area contributed by atoms with Gasteiger partial charge in [0, 0.05) is 88.1 Å². The zero-order chi connectivity index (χ0) is 39.7. The van der Waals surface area contributed by atoms with E-state index in [9.17, 15) is 18.0 Å². The van der Waals surface area contributed by atoms with Crippen LogP contribution in [0.25, 0.3) is 0 Å². The van der Waals surface area contributed by atoms with Crippen molar-refractivity contribution in [2.45, 2.75) is 87.5 Å². The highest BCUT2D eigenvalue weighted by Gasteiger charge is 2.49. The van der Waals surface area contributed by atoms with Crippen LogP contribution < -0.4 is 19.7 Å². The van der Waals surface area contributed by atoms with Crippen molar-refractivity contribution in [2.75, 3.05) is 71.6 Å². The molecule has 7 atom stereocenters. The van der Waals surface area contributed by atoms with E-state index in [1.165, 1.54) is 18.2 Å². The molecule has 11 nitrogen and oxygen atoms in total. The summed E-state index contributed by atoms with van der Waals surface area (Å²) >= 11 is 6.55. The van der Waals surface area contributed by atoms with E-state index >= 15 is 0 Å². The van der Waals surface area contributed by atoms with Gasteiger partial charge in [-0.3, -0.25) is 14.5 Å². The van der Waals surface area contributed by atoms with Crippen LogP contribution in [0.5, 0.6) is 5.75 Å². The summed E-state index contributed by atoms with van der Waals surface area (Å²) in [7, 11) is -1.03. The molecule has 13 heteroatoms. The first-order valence-corrected chi connectivity index (χ1v) is 22.4. The lowest BCUT2D eigenvalue weighted by atomic mass is 9.64. The average Bonchev–Trinajstić information content (AvgIpc) is 3.32. The van der Waals surface area contributed by atoms with E-state index in [1.54, 1.807) is 7.11 Å². The smallest absolute Gasteiger partial charge is 0.264 e. The fourth-order valence-corrected chi connectivity index (χ4v) is 12.0. The predicted octanol–water partition coefficient (Wildman–Crippen LogP) is 5.32. The maximum atomic E-state index is 14.4. The Morgan fingerprint density at radius 1 is 1.14 bits per heavy atom. The number of sulfonamides is 1. The van der Waals surface area contributed by atoms with Crippen molar-refractivity contribution in [3.8, 4) is 5.75 Å². The Morgan fingerprint density at radius 2 is 1.95 bits per heavy atom. The van der Waals surface area contributed by atoms with Crippen molar-refractivity contribution >= 4 is 39.5 Å². The molecule has 1 unspecified atom stereocenters. The lowest BCUT2D eigenvalue weighted by Crippen LogP contribution is -2.53. The number of piperazine rings is 1. The Kier molecular flexibility index (Phi) is 12.6. The van der Waals surface area contributed by atoms with Crippen molar-refractivity contribution in [2.24, 2.45) is 17.8 Å². The van der Waals surface area contributed by atoms with Crippen LogP contribution in [0.1, 0.15) is 79.4 Å². The Labute approximate surface area is 337 Å². The standard InChI is InChI=1S/C43H59ClN4O7S/c1-29-7-5-15-43(27-49,54-4)37-11-9-32(37)25-48-26-42(14-6-8-31-23-35(44)10-12-36(31)42)28-55-40-33(21-30(2)47-18-16-45-17-19-47)22-34(24-38(40)48)41(50)46-56(51,52)39(29)13-20-53-3/h5,10,12,15,22-24,27,29-30,32,37,39,45H,6-9,11,13-14,16-21,25-26,28H2,1-4H3,(H,46,50)/b15-5+/t29-,30?,32-,37+,39+,42-,43-/m0/s1. The number of benzene rings is 2. The number of amides is 1. The minimum Gasteiger partial charge on any atom is -0.490 e. The van der Waals surface area contributed by atoms with Gasteiger partial charge in [0.1, 0.15) is 11.4 Å². The Hall–Kier alpha value is -3.00. The summed E-state index contributed by atoms with van der Waals surface area (Å²) in [4.78, 5) is 32.3. The van der Waals surface area contributed by atoms with Crippen LogP contribution in [0.2, 0.25) is 5.02 Å². The summed E-state index contributed by atoms with van der Waals surface area (Å²) in [5, 5.41) is 3.24. The second-order valence-electron chi connectivity index (χ2n) is 17.0. The number of hydrogen-bond donors (Lipinski definition) is 2. The van der Waals surface area contributed by atoms with E-state index in [-0.39, 0.29) is 47.8 Å². The number of halogens is 1. The van der Waals surface area contributed by atoms with Crippen molar-refractivity contribution in [1.29, 1.82) is 0 Å². The lowest BCUT2D eigenvalue weighted by Gasteiger charge is -2.48. The third-order valence-electron chi connectivity index (χ3n) is 13.5. The fourth-order valence-electron chi connectivity index (χ4n) is 10.2. The van der Waals surface area contributed by atoms with Gasteiger partial charge in [-0.25, -0.2) is 13.1 Å². The first-order chi connectivity index (χ1) is 26.9. The Bertz CT molecular complexity index is 1900. The molecule has 2 N–H and O–H groups in total. The van der Waals surface area contributed by atoms with Crippen LogP contribution in [-0.2, 0) is 42.5 Å². The first kappa shape index (κ1) is 41.2. The quantitative estimate of drug-likeness (QED) is 0.268. The number of allylic oxidation sites excluding steroid dienone is 1. The fraction of sp³-hybridized carbons (Fsp3) is 0.628. The number of nitrogens with zero attached hydrogens (tertiary/aromatic N) is 2. The molecule has 1 amide bonds. The summed E-state index contributed by atoms with van der Waals surface area (Å²) in [6.07, 6.45) is 10.4. The molecule has 2 aromatic rings. The topological polar surface area (TPSA) is 127 Å². The van der Waals surface area contributed by atoms with E-state index in [4.69, 9.17) is 25.8 Å². The number of aryl methyl sites for hydroxylation is 1. The van der Waals surface area contributed by atoms with Crippen LogP contribution in [0, 0.1) is 17.8 Å².